The first kappa shape index (κ1) is 13.9. The van der Waals surface area contributed by atoms with Crippen molar-refractivity contribution in [2.45, 2.75) is 13.2 Å². The Kier molecular flexibility index (Phi) is 4.15. The van der Waals surface area contributed by atoms with E-state index < -0.39 is 0 Å². The molecule has 7 heteroatoms. The molecule has 1 N–H and O–H groups in total. The molecule has 3 aromatic rings. The zero-order valence-corrected chi connectivity index (χ0v) is 11.6. The van der Waals surface area contributed by atoms with Gasteiger partial charge < -0.3 is 19.0 Å². The van der Waals surface area contributed by atoms with Gasteiger partial charge in [-0.2, -0.15) is 0 Å². The molecule has 3 rings (SSSR count). The van der Waals surface area contributed by atoms with Gasteiger partial charge in [-0.15, -0.1) is 0 Å². The molecule has 2 aromatic heterocycles. The van der Waals surface area contributed by atoms with Crippen LogP contribution in [0.25, 0.3) is 0 Å². The van der Waals surface area contributed by atoms with Crippen LogP contribution in [0.3, 0.4) is 0 Å². The highest BCUT2D eigenvalue weighted by atomic mass is 16.5. The van der Waals surface area contributed by atoms with E-state index in [2.05, 4.69) is 20.0 Å². The van der Waals surface area contributed by atoms with Crippen LogP contribution in [0.1, 0.15) is 22.1 Å². The van der Waals surface area contributed by atoms with E-state index in [0.717, 1.165) is 0 Å². The summed E-state index contributed by atoms with van der Waals surface area (Å²) in [6.07, 6.45) is 2.73. The van der Waals surface area contributed by atoms with E-state index in [0.29, 0.717) is 17.3 Å². The van der Waals surface area contributed by atoms with Crippen LogP contribution in [0, 0.1) is 0 Å². The molecule has 0 saturated carbocycles. The minimum absolute atomic E-state index is 0.153. The number of ether oxygens (including phenoxy) is 1. The minimum atomic E-state index is -0.349. The van der Waals surface area contributed by atoms with Crippen LogP contribution in [0.4, 0.5) is 0 Å². The van der Waals surface area contributed by atoms with Crippen molar-refractivity contribution >= 4 is 5.91 Å². The summed E-state index contributed by atoms with van der Waals surface area (Å²) in [5.41, 5.74) is 0.819. The van der Waals surface area contributed by atoms with Gasteiger partial charge in [-0.25, -0.2) is 4.98 Å². The number of oxazole rings is 1. The summed E-state index contributed by atoms with van der Waals surface area (Å²) < 4.78 is 15.4. The number of hydrogen-bond donors (Lipinski definition) is 1. The molecule has 112 valence electrons. The molecule has 0 bridgehead atoms. The lowest BCUT2D eigenvalue weighted by Crippen LogP contribution is -2.23. The third-order valence-electron chi connectivity index (χ3n) is 2.81. The Morgan fingerprint density at radius 3 is 2.86 bits per heavy atom. The Hall–Kier alpha value is -3.09. The molecule has 0 aliphatic carbocycles. The molecule has 1 aromatic carbocycles. The molecule has 0 aliphatic heterocycles. The smallest absolute Gasteiger partial charge is 0.273 e. The zero-order chi connectivity index (χ0) is 15.2. The van der Waals surface area contributed by atoms with Crippen molar-refractivity contribution < 1.29 is 18.5 Å². The number of hydrogen-bond acceptors (Lipinski definition) is 6. The van der Waals surface area contributed by atoms with Gasteiger partial charge in [0.2, 0.25) is 5.89 Å². The van der Waals surface area contributed by atoms with Crippen molar-refractivity contribution in [2.24, 2.45) is 0 Å². The normalized spacial score (nSPS) is 10.4. The molecular formula is C15H13N3O4. The first-order valence-electron chi connectivity index (χ1n) is 6.61. The number of benzene rings is 1. The second-order valence-corrected chi connectivity index (χ2v) is 4.40. The molecule has 0 fully saturated rings. The first-order valence-corrected chi connectivity index (χ1v) is 6.61. The Morgan fingerprint density at radius 2 is 2.09 bits per heavy atom. The number of nitrogens with zero attached hydrogens (tertiary/aromatic N) is 2. The molecule has 0 unspecified atom stereocenters. The number of para-hydroxylation sites is 1. The van der Waals surface area contributed by atoms with Crippen LogP contribution in [0.5, 0.6) is 5.75 Å². The third kappa shape index (κ3) is 3.51. The van der Waals surface area contributed by atoms with Crippen molar-refractivity contribution in [3.63, 3.8) is 0 Å². The zero-order valence-electron chi connectivity index (χ0n) is 11.6. The van der Waals surface area contributed by atoms with Crippen molar-refractivity contribution in [3.05, 3.63) is 66.2 Å². The van der Waals surface area contributed by atoms with Crippen molar-refractivity contribution in [3.8, 4) is 5.75 Å². The van der Waals surface area contributed by atoms with Gasteiger partial charge >= 0.3 is 0 Å². The fourth-order valence-corrected chi connectivity index (χ4v) is 1.73. The minimum Gasteiger partial charge on any atom is -0.484 e. The third-order valence-corrected chi connectivity index (χ3v) is 2.81. The standard InChI is InChI=1S/C15H13N3O4/c19-15(16-8-11-6-7-22-18-11)13-9-21-14(17-13)10-20-12-4-2-1-3-5-12/h1-7,9H,8,10H2,(H,16,19). The summed E-state index contributed by atoms with van der Waals surface area (Å²) in [7, 11) is 0. The summed E-state index contributed by atoms with van der Waals surface area (Å²) in [6.45, 7) is 0.415. The molecule has 0 aliphatic rings. The number of carbonyl (C=O) groups is 1. The lowest BCUT2D eigenvalue weighted by atomic mass is 10.3. The largest absolute Gasteiger partial charge is 0.484 e. The van der Waals surface area contributed by atoms with Crippen LogP contribution in [-0.4, -0.2) is 16.0 Å². The maximum atomic E-state index is 11.9. The molecule has 0 spiro atoms. The van der Waals surface area contributed by atoms with Gasteiger partial charge in [0, 0.05) is 6.07 Å². The fraction of sp³-hybridized carbons (Fsp3) is 0.133. The maximum Gasteiger partial charge on any atom is 0.273 e. The summed E-state index contributed by atoms with van der Waals surface area (Å²) >= 11 is 0. The Morgan fingerprint density at radius 1 is 1.23 bits per heavy atom. The summed E-state index contributed by atoms with van der Waals surface area (Å²) in [6, 6.07) is 11.0. The van der Waals surface area contributed by atoms with E-state index in [1.807, 2.05) is 30.3 Å². The van der Waals surface area contributed by atoms with E-state index in [9.17, 15) is 4.79 Å². The Bertz CT molecular complexity index is 722. The van der Waals surface area contributed by atoms with Gasteiger partial charge in [-0.3, -0.25) is 4.79 Å². The predicted molar refractivity (Wildman–Crippen MR) is 75.0 cm³/mol. The number of nitrogens with one attached hydrogen (secondary N) is 1. The summed E-state index contributed by atoms with van der Waals surface area (Å²) in [4.78, 5) is 16.0. The lowest BCUT2D eigenvalue weighted by molar-refractivity contribution is 0.0945. The highest BCUT2D eigenvalue weighted by molar-refractivity contribution is 5.91. The van der Waals surface area contributed by atoms with Gasteiger partial charge in [0.15, 0.2) is 12.3 Å². The van der Waals surface area contributed by atoms with Gasteiger partial charge in [0.1, 0.15) is 24.0 Å². The molecule has 1 amide bonds. The molecule has 7 nitrogen and oxygen atoms in total. The fourth-order valence-electron chi connectivity index (χ4n) is 1.73. The van der Waals surface area contributed by atoms with Gasteiger partial charge in [0.05, 0.1) is 6.54 Å². The van der Waals surface area contributed by atoms with Crippen LogP contribution in [0.2, 0.25) is 0 Å². The quantitative estimate of drug-likeness (QED) is 0.750. The topological polar surface area (TPSA) is 90.4 Å². The van der Waals surface area contributed by atoms with Crippen molar-refractivity contribution in [1.29, 1.82) is 0 Å². The van der Waals surface area contributed by atoms with Gasteiger partial charge in [-0.05, 0) is 12.1 Å². The second kappa shape index (κ2) is 6.57. The molecular weight excluding hydrogens is 286 g/mol. The second-order valence-electron chi connectivity index (χ2n) is 4.40. The monoisotopic (exact) mass is 299 g/mol. The van der Waals surface area contributed by atoms with Crippen LogP contribution < -0.4 is 10.1 Å². The SMILES string of the molecule is O=C(NCc1ccon1)c1coc(COc2ccccc2)n1. The number of amides is 1. The van der Waals surface area contributed by atoms with E-state index in [4.69, 9.17) is 9.15 Å². The van der Waals surface area contributed by atoms with E-state index in [1.165, 1.54) is 12.5 Å². The van der Waals surface area contributed by atoms with Crippen molar-refractivity contribution in [2.75, 3.05) is 0 Å². The molecule has 2 heterocycles. The Labute approximate surface area is 125 Å². The van der Waals surface area contributed by atoms with Crippen LogP contribution in [0.15, 0.2) is 57.9 Å². The van der Waals surface area contributed by atoms with Gasteiger partial charge in [-0.1, -0.05) is 23.4 Å². The predicted octanol–water partition coefficient (Wildman–Crippen LogP) is 2.17. The number of rotatable bonds is 6. The number of aromatic nitrogens is 2. The lowest BCUT2D eigenvalue weighted by Gasteiger charge is -2.01. The van der Waals surface area contributed by atoms with Gasteiger partial charge in [0.25, 0.3) is 5.91 Å². The van der Waals surface area contributed by atoms with Crippen LogP contribution in [-0.2, 0) is 13.2 Å². The van der Waals surface area contributed by atoms with Crippen LogP contribution >= 0.6 is 0 Å². The molecule has 22 heavy (non-hydrogen) atoms. The maximum absolute atomic E-state index is 11.9. The summed E-state index contributed by atoms with van der Waals surface area (Å²) in [5, 5.41) is 6.36. The molecule has 0 saturated heterocycles. The molecule has 0 atom stereocenters. The highest BCUT2D eigenvalue weighted by Gasteiger charge is 2.12. The highest BCUT2D eigenvalue weighted by Crippen LogP contribution is 2.11. The first-order chi connectivity index (χ1) is 10.8. The summed E-state index contributed by atoms with van der Waals surface area (Å²) in [5.74, 6) is 0.686. The van der Waals surface area contributed by atoms with Crippen molar-refractivity contribution in [1.82, 2.24) is 15.5 Å². The Balaban J connectivity index is 1.53. The number of carbonyl (C=O) groups excluding carboxylic acids is 1. The average molecular weight is 299 g/mol. The molecule has 0 radical (unpaired) electrons. The van der Waals surface area contributed by atoms with E-state index in [-0.39, 0.29) is 24.8 Å². The van der Waals surface area contributed by atoms with E-state index in [1.54, 1.807) is 6.07 Å². The average Bonchev–Trinajstić information content (AvgIpc) is 3.23. The van der Waals surface area contributed by atoms with E-state index >= 15 is 0 Å².